The molecule has 1 N–H and O–H groups in total. The van der Waals surface area contributed by atoms with E-state index in [1.807, 2.05) is 43.3 Å². The van der Waals surface area contributed by atoms with Crippen LogP contribution >= 0.6 is 23.4 Å². The van der Waals surface area contributed by atoms with Crippen LogP contribution in [-0.2, 0) is 9.59 Å². The van der Waals surface area contributed by atoms with Crippen LogP contribution in [-0.4, -0.2) is 22.7 Å². The maximum Gasteiger partial charge on any atom is 0.283 e. The number of anilines is 2. The molecule has 8 heteroatoms. The summed E-state index contributed by atoms with van der Waals surface area (Å²) in [5.41, 5.74) is 3.01. The fraction of sp³-hybridized carbons (Fsp3) is 0.0800. The standard InChI is InChI=1S/C25H19ClFN3O2S/c1-16-7-12-21(20(26)13-16)28-23(31)15-33-25-29-22(14-17-5-3-2-4-6-17)24(32)30(25)19-10-8-18(27)9-11-19/h2-14H,15H2,1H3,(H,28,31)/b22-14-. The quantitative estimate of drug-likeness (QED) is 0.463. The zero-order valence-electron chi connectivity index (χ0n) is 17.6. The Bertz CT molecular complexity index is 1260. The number of carbonyl (C=O) groups is 2. The van der Waals surface area contributed by atoms with E-state index in [1.165, 1.54) is 29.2 Å². The minimum Gasteiger partial charge on any atom is -0.324 e. The molecule has 0 radical (unpaired) electrons. The van der Waals surface area contributed by atoms with Crippen molar-refractivity contribution >= 4 is 57.8 Å². The molecular formula is C25H19ClFN3O2S. The highest BCUT2D eigenvalue weighted by Gasteiger charge is 2.32. The highest BCUT2D eigenvalue weighted by Crippen LogP contribution is 2.30. The predicted octanol–water partition coefficient (Wildman–Crippen LogP) is 5.90. The number of hydrogen-bond donors (Lipinski definition) is 1. The Morgan fingerprint density at radius 3 is 2.55 bits per heavy atom. The number of carbonyl (C=O) groups excluding carboxylic acids is 2. The SMILES string of the molecule is Cc1ccc(NC(=O)CSC2=N/C(=C\c3ccccc3)C(=O)N2c2ccc(F)cc2)c(Cl)c1. The number of amidine groups is 1. The molecule has 0 saturated heterocycles. The number of amides is 2. The van der Waals surface area contributed by atoms with Crippen molar-refractivity contribution in [3.8, 4) is 0 Å². The van der Waals surface area contributed by atoms with Crippen molar-refractivity contribution < 1.29 is 14.0 Å². The number of nitrogens with one attached hydrogen (secondary N) is 1. The van der Waals surface area contributed by atoms with E-state index in [-0.39, 0.29) is 23.3 Å². The normalized spacial score (nSPS) is 14.5. The van der Waals surface area contributed by atoms with Crippen LogP contribution in [0.5, 0.6) is 0 Å². The fourth-order valence-electron chi connectivity index (χ4n) is 3.16. The summed E-state index contributed by atoms with van der Waals surface area (Å²) in [4.78, 5) is 31.5. The highest BCUT2D eigenvalue weighted by atomic mass is 35.5. The molecule has 4 rings (SSSR count). The lowest BCUT2D eigenvalue weighted by Crippen LogP contribution is -2.31. The molecule has 0 aromatic heterocycles. The van der Waals surface area contributed by atoms with Crippen molar-refractivity contribution in [2.75, 3.05) is 16.0 Å². The predicted molar refractivity (Wildman–Crippen MR) is 133 cm³/mol. The lowest BCUT2D eigenvalue weighted by Gasteiger charge is -2.17. The van der Waals surface area contributed by atoms with Crippen molar-refractivity contribution in [2.45, 2.75) is 6.92 Å². The molecule has 0 fully saturated rings. The minimum atomic E-state index is -0.411. The van der Waals surface area contributed by atoms with E-state index >= 15 is 0 Å². The van der Waals surface area contributed by atoms with E-state index in [2.05, 4.69) is 10.3 Å². The van der Waals surface area contributed by atoms with Crippen LogP contribution in [0.25, 0.3) is 6.08 Å². The molecule has 0 spiro atoms. The molecule has 166 valence electrons. The first kappa shape index (κ1) is 22.8. The molecule has 0 atom stereocenters. The molecule has 0 saturated carbocycles. The first-order valence-corrected chi connectivity index (χ1v) is 11.4. The second-order valence-electron chi connectivity index (χ2n) is 7.27. The summed E-state index contributed by atoms with van der Waals surface area (Å²) in [5, 5.41) is 3.55. The summed E-state index contributed by atoms with van der Waals surface area (Å²) < 4.78 is 13.4. The van der Waals surface area contributed by atoms with Crippen LogP contribution in [0.4, 0.5) is 15.8 Å². The molecular weight excluding hydrogens is 461 g/mol. The number of thioether (sulfide) groups is 1. The Hall–Kier alpha value is -3.42. The number of rotatable bonds is 5. The monoisotopic (exact) mass is 479 g/mol. The molecule has 2 amide bonds. The molecule has 0 aliphatic carbocycles. The molecule has 5 nitrogen and oxygen atoms in total. The van der Waals surface area contributed by atoms with E-state index in [9.17, 15) is 14.0 Å². The van der Waals surface area contributed by atoms with Gasteiger partial charge in [-0.25, -0.2) is 9.38 Å². The maximum absolute atomic E-state index is 13.4. The fourth-order valence-corrected chi connectivity index (χ4v) is 4.25. The van der Waals surface area contributed by atoms with Gasteiger partial charge >= 0.3 is 0 Å². The zero-order chi connectivity index (χ0) is 23.4. The van der Waals surface area contributed by atoms with Gasteiger partial charge < -0.3 is 5.32 Å². The number of aliphatic imine (C=N–C) groups is 1. The van der Waals surface area contributed by atoms with Crippen LogP contribution in [0.3, 0.4) is 0 Å². The number of aryl methyl sites for hydroxylation is 1. The molecule has 0 unspecified atom stereocenters. The number of nitrogens with zero attached hydrogens (tertiary/aromatic N) is 2. The second kappa shape index (κ2) is 10.0. The first-order valence-electron chi connectivity index (χ1n) is 10.0. The molecule has 1 heterocycles. The van der Waals surface area contributed by atoms with E-state index in [0.29, 0.717) is 21.6 Å². The van der Waals surface area contributed by atoms with Gasteiger partial charge in [0.15, 0.2) is 5.17 Å². The largest absolute Gasteiger partial charge is 0.324 e. The van der Waals surface area contributed by atoms with Crippen molar-refractivity contribution in [3.63, 3.8) is 0 Å². The summed E-state index contributed by atoms with van der Waals surface area (Å²) in [6, 6.07) is 20.2. The van der Waals surface area contributed by atoms with Crippen LogP contribution in [0, 0.1) is 12.7 Å². The lowest BCUT2D eigenvalue weighted by atomic mass is 10.2. The Kier molecular flexibility index (Phi) is 6.91. The van der Waals surface area contributed by atoms with Gasteiger partial charge in [-0.3, -0.25) is 14.5 Å². The van der Waals surface area contributed by atoms with Gasteiger partial charge in [0.1, 0.15) is 11.5 Å². The van der Waals surface area contributed by atoms with Gasteiger partial charge in [-0.05, 0) is 60.5 Å². The van der Waals surface area contributed by atoms with Gasteiger partial charge in [0.05, 0.1) is 22.2 Å². The van der Waals surface area contributed by atoms with Crippen molar-refractivity contribution in [3.05, 3.63) is 100 Å². The highest BCUT2D eigenvalue weighted by molar-refractivity contribution is 8.14. The summed E-state index contributed by atoms with van der Waals surface area (Å²) in [5.74, 6) is -1.05. The van der Waals surface area contributed by atoms with Gasteiger partial charge in [0.2, 0.25) is 5.91 Å². The third kappa shape index (κ3) is 5.50. The smallest absolute Gasteiger partial charge is 0.283 e. The Morgan fingerprint density at radius 1 is 1.12 bits per heavy atom. The zero-order valence-corrected chi connectivity index (χ0v) is 19.2. The molecule has 3 aromatic rings. The van der Waals surface area contributed by atoms with E-state index < -0.39 is 5.82 Å². The van der Waals surface area contributed by atoms with Crippen molar-refractivity contribution in [1.29, 1.82) is 0 Å². The van der Waals surface area contributed by atoms with Gasteiger partial charge in [-0.1, -0.05) is 59.8 Å². The van der Waals surface area contributed by atoms with Gasteiger partial charge in [-0.15, -0.1) is 0 Å². The topological polar surface area (TPSA) is 61.8 Å². The van der Waals surface area contributed by atoms with Crippen molar-refractivity contribution in [1.82, 2.24) is 0 Å². The second-order valence-corrected chi connectivity index (χ2v) is 8.62. The molecule has 1 aliphatic rings. The third-order valence-electron chi connectivity index (χ3n) is 4.75. The Labute approximate surface area is 200 Å². The molecule has 1 aliphatic heterocycles. The molecule has 0 bridgehead atoms. The Balaban J connectivity index is 1.56. The van der Waals surface area contributed by atoms with Crippen LogP contribution in [0.1, 0.15) is 11.1 Å². The van der Waals surface area contributed by atoms with E-state index in [0.717, 1.165) is 22.9 Å². The number of halogens is 2. The number of hydrogen-bond acceptors (Lipinski definition) is 4. The minimum absolute atomic E-state index is 0.00658. The van der Waals surface area contributed by atoms with Crippen LogP contribution in [0.2, 0.25) is 5.02 Å². The number of benzene rings is 3. The van der Waals surface area contributed by atoms with Crippen LogP contribution in [0.15, 0.2) is 83.5 Å². The Morgan fingerprint density at radius 2 is 1.85 bits per heavy atom. The summed E-state index contributed by atoms with van der Waals surface area (Å²) in [7, 11) is 0. The van der Waals surface area contributed by atoms with E-state index in [1.54, 1.807) is 18.2 Å². The molecule has 3 aromatic carbocycles. The molecule has 33 heavy (non-hydrogen) atoms. The summed E-state index contributed by atoms with van der Waals surface area (Å²) >= 11 is 7.31. The van der Waals surface area contributed by atoms with Gasteiger partial charge in [0.25, 0.3) is 5.91 Å². The summed E-state index contributed by atoms with van der Waals surface area (Å²) in [6.45, 7) is 1.91. The average molecular weight is 480 g/mol. The summed E-state index contributed by atoms with van der Waals surface area (Å²) in [6.07, 6.45) is 1.68. The van der Waals surface area contributed by atoms with E-state index in [4.69, 9.17) is 11.6 Å². The third-order valence-corrected chi connectivity index (χ3v) is 6.00. The van der Waals surface area contributed by atoms with Crippen molar-refractivity contribution in [2.24, 2.45) is 4.99 Å². The van der Waals surface area contributed by atoms with Crippen LogP contribution < -0.4 is 10.2 Å². The first-order chi connectivity index (χ1) is 15.9. The average Bonchev–Trinajstić information content (AvgIpc) is 3.10. The van der Waals surface area contributed by atoms with Gasteiger partial charge in [-0.2, -0.15) is 0 Å². The maximum atomic E-state index is 13.4. The van der Waals surface area contributed by atoms with Gasteiger partial charge in [0, 0.05) is 0 Å². The lowest BCUT2D eigenvalue weighted by molar-refractivity contribution is -0.114.